The van der Waals surface area contributed by atoms with Crippen LogP contribution in [0.1, 0.15) is 12.5 Å². The van der Waals surface area contributed by atoms with Crippen molar-refractivity contribution in [2.24, 2.45) is 0 Å². The molecule has 0 aromatic carbocycles. The summed E-state index contributed by atoms with van der Waals surface area (Å²) in [6, 6.07) is -2.90. The van der Waals surface area contributed by atoms with Crippen LogP contribution in [0.4, 0.5) is 11.8 Å². The lowest BCUT2D eigenvalue weighted by molar-refractivity contribution is -0.206. The Kier molecular flexibility index (Phi) is 7.27. The van der Waals surface area contributed by atoms with Crippen LogP contribution in [0.3, 0.4) is 0 Å². The fourth-order valence-electron chi connectivity index (χ4n) is 5.53. The first-order valence-electron chi connectivity index (χ1n) is 13.1. The van der Waals surface area contributed by atoms with E-state index in [0.29, 0.717) is 0 Å². The van der Waals surface area contributed by atoms with Crippen molar-refractivity contribution in [1.82, 2.24) is 49.2 Å². The first kappa shape index (κ1) is 30.2. The van der Waals surface area contributed by atoms with E-state index in [1.807, 2.05) is 0 Å². The molecule has 0 radical (unpaired) electrons. The first-order chi connectivity index (χ1) is 21.3. The van der Waals surface area contributed by atoms with Crippen molar-refractivity contribution in [3.05, 3.63) is 29.3 Å². The van der Waals surface area contributed by atoms with E-state index >= 15 is 0 Å². The second-order valence-electron chi connectivity index (χ2n) is 10.4. The maximum absolute atomic E-state index is 13.2. The molecule has 0 bridgehead atoms. The predicted octanol–water partition coefficient (Wildman–Crippen LogP) is -3.83. The molecule has 0 saturated carbocycles. The van der Waals surface area contributed by atoms with Crippen LogP contribution in [-0.4, -0.2) is 104 Å². The molecule has 0 spiro atoms. The molecule has 4 unspecified atom stereocenters. The van der Waals surface area contributed by atoms with E-state index in [-0.39, 0.29) is 34.1 Å². The number of aromatic amines is 1. The van der Waals surface area contributed by atoms with Crippen molar-refractivity contribution in [3.63, 3.8) is 0 Å². The highest BCUT2D eigenvalue weighted by molar-refractivity contribution is 7.50. The van der Waals surface area contributed by atoms with E-state index in [1.165, 1.54) is 10.9 Å². The normalized spacial score (nSPS) is 37.7. The molecule has 7 heterocycles. The van der Waals surface area contributed by atoms with Gasteiger partial charge in [0.05, 0.1) is 38.0 Å². The molecule has 3 saturated heterocycles. The fourth-order valence-corrected chi connectivity index (χ4v) is 7.75. The largest absolute Gasteiger partial charge is 0.766 e. The summed E-state index contributed by atoms with van der Waals surface area (Å²) in [6.45, 7) is -1.49. The van der Waals surface area contributed by atoms with Gasteiger partial charge in [0.1, 0.15) is 36.3 Å². The molecule has 3 aliphatic rings. The Labute approximate surface area is 249 Å². The number of nitrogens with two attached hydrogens (primary N) is 2. The molecule has 242 valence electrons. The standard InChI is InChI=1S/C20H26N12O11P2/c21-14-10-15(24-3-23-14)31(4-25-10)18-12(33)8-6(42-18)1-40-45(38,39)30-9-7(2-41-44(36,37)29-8)43-19(13(9)34)32-5-26-11-16(32)27-20(22)28-17(11)35/h3-9,12-13,18-19,33-34H,1-2H2,(H2,21,23,24)(H2,29,36,37)(H2,30,38,39)(H3,22,27,28,35)/p-1/t6-,7-,8?,9+,12+,13?,18-,19-/m1/s1. The smallest absolute Gasteiger partial charge is 0.403 e. The second kappa shape index (κ2) is 10.8. The molecular formula is C20H25N12O11P2-. The number of aliphatic hydroxyl groups is 2. The third-order valence-corrected chi connectivity index (χ3v) is 9.80. The molecule has 10 N–H and O–H groups in total. The topological polar surface area (TPSA) is 338 Å². The van der Waals surface area contributed by atoms with Crippen molar-refractivity contribution in [2.75, 3.05) is 24.7 Å². The minimum atomic E-state index is -5.02. The van der Waals surface area contributed by atoms with Gasteiger partial charge in [-0.1, -0.05) is 0 Å². The molecule has 7 rings (SSSR count). The Morgan fingerprint density at radius 2 is 1.49 bits per heavy atom. The number of fused-ring (bicyclic) bond motifs is 4. The van der Waals surface area contributed by atoms with Crippen molar-refractivity contribution >= 4 is 49.6 Å². The molecule has 4 aromatic rings. The minimum absolute atomic E-state index is 0.0522. The predicted molar refractivity (Wildman–Crippen MR) is 145 cm³/mol. The number of hydrogen-bond acceptors (Lipinski definition) is 17. The van der Waals surface area contributed by atoms with Crippen molar-refractivity contribution in [2.45, 2.75) is 49.0 Å². The Hall–Kier alpha value is -3.44. The maximum atomic E-state index is 13.2. The van der Waals surface area contributed by atoms with Crippen LogP contribution in [-0.2, 0) is 27.7 Å². The van der Waals surface area contributed by atoms with E-state index in [2.05, 4.69) is 40.1 Å². The van der Waals surface area contributed by atoms with Gasteiger partial charge in [-0.05, 0) is 0 Å². The summed E-state index contributed by atoms with van der Waals surface area (Å²) in [5, 5.41) is 26.8. The van der Waals surface area contributed by atoms with E-state index in [1.54, 1.807) is 0 Å². The number of hydrogen-bond donors (Lipinski definition) is 8. The van der Waals surface area contributed by atoms with Gasteiger partial charge in [-0.3, -0.25) is 28.0 Å². The highest BCUT2D eigenvalue weighted by Crippen LogP contribution is 2.46. The van der Waals surface area contributed by atoms with Gasteiger partial charge in [0, 0.05) is 0 Å². The molecule has 3 aliphatic heterocycles. The summed E-state index contributed by atoms with van der Waals surface area (Å²) in [5.74, 6) is -0.200. The molecule has 25 heteroatoms. The lowest BCUT2D eigenvalue weighted by Crippen LogP contribution is -2.49. The van der Waals surface area contributed by atoms with E-state index < -0.39 is 83.2 Å². The number of imidazole rings is 2. The van der Waals surface area contributed by atoms with Gasteiger partial charge in [-0.15, -0.1) is 0 Å². The molecule has 0 aliphatic carbocycles. The fraction of sp³-hybridized carbons (Fsp3) is 0.500. The summed E-state index contributed by atoms with van der Waals surface area (Å²) in [6.07, 6.45) is -5.13. The third kappa shape index (κ3) is 5.31. The van der Waals surface area contributed by atoms with Crippen LogP contribution < -0.4 is 32.1 Å². The Morgan fingerprint density at radius 3 is 2.18 bits per heavy atom. The summed E-state index contributed by atoms with van der Waals surface area (Å²) < 4.78 is 50.9. The van der Waals surface area contributed by atoms with Crippen molar-refractivity contribution in [3.8, 4) is 0 Å². The Balaban J connectivity index is 1.17. The quantitative estimate of drug-likeness (QED) is 0.0946. The van der Waals surface area contributed by atoms with E-state index in [9.17, 15) is 33.9 Å². The molecule has 10 atom stereocenters. The average molecular weight is 671 g/mol. The minimum Gasteiger partial charge on any atom is -0.766 e. The van der Waals surface area contributed by atoms with Gasteiger partial charge < -0.3 is 45.5 Å². The van der Waals surface area contributed by atoms with Gasteiger partial charge in [-0.25, -0.2) is 34.7 Å². The number of H-pyrrole nitrogens is 1. The summed E-state index contributed by atoms with van der Waals surface area (Å²) in [4.78, 5) is 58.3. The van der Waals surface area contributed by atoms with Gasteiger partial charge in [-0.2, -0.15) is 4.98 Å². The summed E-state index contributed by atoms with van der Waals surface area (Å²) in [7, 11) is -9.81. The number of ether oxygens (including phenoxy) is 2. The number of aliphatic hydroxyl groups excluding tert-OH is 2. The van der Waals surface area contributed by atoms with Crippen LogP contribution in [0.5, 0.6) is 0 Å². The van der Waals surface area contributed by atoms with Crippen molar-refractivity contribution in [1.29, 1.82) is 0 Å². The van der Waals surface area contributed by atoms with Crippen LogP contribution in [0.25, 0.3) is 22.3 Å². The number of aromatic nitrogens is 8. The Morgan fingerprint density at radius 1 is 0.889 bits per heavy atom. The number of anilines is 2. The zero-order valence-electron chi connectivity index (χ0n) is 22.6. The zero-order chi connectivity index (χ0) is 31.8. The van der Waals surface area contributed by atoms with Gasteiger partial charge in [0.15, 0.2) is 35.1 Å². The second-order valence-corrected chi connectivity index (χ2v) is 13.5. The van der Waals surface area contributed by atoms with Crippen LogP contribution >= 0.6 is 15.5 Å². The number of rotatable bonds is 2. The van der Waals surface area contributed by atoms with Gasteiger partial charge in [0.2, 0.25) is 13.7 Å². The molecule has 45 heavy (non-hydrogen) atoms. The van der Waals surface area contributed by atoms with Crippen molar-refractivity contribution < 1.29 is 47.7 Å². The summed E-state index contributed by atoms with van der Waals surface area (Å²) >= 11 is 0. The molecule has 0 amide bonds. The van der Waals surface area contributed by atoms with E-state index in [0.717, 1.165) is 17.2 Å². The lowest BCUT2D eigenvalue weighted by Gasteiger charge is -2.33. The van der Waals surface area contributed by atoms with Crippen LogP contribution in [0.15, 0.2) is 23.8 Å². The van der Waals surface area contributed by atoms with Gasteiger partial charge >= 0.3 is 7.75 Å². The molecule has 4 aromatic heterocycles. The van der Waals surface area contributed by atoms with Gasteiger partial charge in [0.25, 0.3) is 5.56 Å². The number of nitrogens with one attached hydrogen (secondary N) is 3. The number of nitrogens with zero attached hydrogens (tertiary/aromatic N) is 7. The number of nitrogen functional groups attached to an aromatic ring is 2. The molecule has 23 nitrogen and oxygen atoms in total. The van der Waals surface area contributed by atoms with E-state index in [4.69, 9.17) is 30.0 Å². The monoisotopic (exact) mass is 671 g/mol. The molecule has 3 fully saturated rings. The highest BCUT2D eigenvalue weighted by Gasteiger charge is 2.51. The third-order valence-electron chi connectivity index (χ3n) is 7.58. The lowest BCUT2D eigenvalue weighted by atomic mass is 10.1. The first-order valence-corrected chi connectivity index (χ1v) is 16.2. The summed E-state index contributed by atoms with van der Waals surface area (Å²) in [5.41, 5.74) is 11.0. The average Bonchev–Trinajstić information content (AvgIpc) is 3.72. The zero-order valence-corrected chi connectivity index (χ0v) is 24.3. The highest BCUT2D eigenvalue weighted by atomic mass is 31.2. The van der Waals surface area contributed by atoms with Crippen LogP contribution in [0.2, 0.25) is 0 Å². The molecular weight excluding hydrogens is 646 g/mol. The SMILES string of the molecule is Nc1nc2c(ncn2[C@@H]2O[C@@H]3COP(=O)([O-])NC4[C@@H](COP(=O)(O)N[C@@H]3C2O)O[C@@H](n2cnc3c(N)ncnc32)[C@H]4O)c(=O)[nH]1. The van der Waals surface area contributed by atoms with Crippen LogP contribution in [0, 0.1) is 0 Å². The Bertz CT molecular complexity index is 1940. The maximum Gasteiger partial charge on any atom is 0.403 e.